The van der Waals surface area contributed by atoms with Gasteiger partial charge in [-0.1, -0.05) is 18.2 Å². The zero-order valence-electron chi connectivity index (χ0n) is 17.4. The summed E-state index contributed by atoms with van der Waals surface area (Å²) in [7, 11) is -4.35. The molecule has 0 atom stereocenters. The number of fused-ring (bicyclic) bond motifs is 1. The van der Waals surface area contributed by atoms with E-state index in [1.807, 2.05) is 0 Å². The van der Waals surface area contributed by atoms with Crippen LogP contribution in [0.1, 0.15) is 10.4 Å². The van der Waals surface area contributed by atoms with Crippen LogP contribution >= 0.6 is 0 Å². The van der Waals surface area contributed by atoms with Crippen LogP contribution in [-0.4, -0.2) is 37.0 Å². The molecule has 0 fully saturated rings. The first-order chi connectivity index (χ1) is 16.1. The van der Waals surface area contributed by atoms with Crippen LogP contribution in [0.5, 0.6) is 0 Å². The lowest BCUT2D eigenvalue weighted by molar-refractivity contribution is -0.121. The van der Waals surface area contributed by atoms with Gasteiger partial charge in [-0.05, 0) is 48.5 Å². The summed E-state index contributed by atoms with van der Waals surface area (Å²) >= 11 is 0. The number of aromatic nitrogens is 2. The van der Waals surface area contributed by atoms with Crippen LogP contribution in [0.4, 0.5) is 18.9 Å². The highest BCUT2D eigenvalue weighted by atomic mass is 32.2. The van der Waals surface area contributed by atoms with Gasteiger partial charge in [0.1, 0.15) is 6.54 Å². The number of para-hydroxylation sites is 1. The van der Waals surface area contributed by atoms with Gasteiger partial charge in [0.25, 0.3) is 5.91 Å². The number of pyridine rings is 2. The van der Waals surface area contributed by atoms with Crippen LogP contribution in [-0.2, 0) is 10.0 Å². The van der Waals surface area contributed by atoms with Crippen molar-refractivity contribution in [2.75, 3.05) is 11.9 Å². The molecule has 2 aromatic carbocycles. The maximum atomic E-state index is 13.1. The lowest BCUT2D eigenvalue weighted by atomic mass is 10.0. The minimum atomic E-state index is -4.68. The van der Waals surface area contributed by atoms with E-state index >= 15 is 0 Å². The number of nitrogens with zero attached hydrogens (tertiary/aromatic N) is 2. The third-order valence-electron chi connectivity index (χ3n) is 4.82. The maximum Gasteiger partial charge on any atom is 0.402 e. The Kier molecular flexibility index (Phi) is 6.31. The molecule has 7 nitrogen and oxygen atoms in total. The fraction of sp³-hybridized carbons (Fsp3) is 0.0870. The average Bonchev–Trinajstić information content (AvgIpc) is 2.82. The van der Waals surface area contributed by atoms with Crippen molar-refractivity contribution >= 4 is 32.5 Å². The van der Waals surface area contributed by atoms with Crippen LogP contribution in [0.25, 0.3) is 22.2 Å². The summed E-state index contributed by atoms with van der Waals surface area (Å²) in [5, 5.41) is 3.31. The topological polar surface area (TPSA) is 101 Å². The van der Waals surface area contributed by atoms with Gasteiger partial charge in [-0.3, -0.25) is 9.78 Å². The van der Waals surface area contributed by atoms with Gasteiger partial charge in [-0.15, -0.1) is 0 Å². The molecule has 0 bridgehead atoms. The zero-order chi connectivity index (χ0) is 24.3. The summed E-state index contributed by atoms with van der Waals surface area (Å²) < 4.78 is 62.6. The van der Waals surface area contributed by atoms with E-state index in [1.165, 1.54) is 16.9 Å². The van der Waals surface area contributed by atoms with Crippen molar-refractivity contribution in [1.29, 1.82) is 0 Å². The molecule has 11 heteroatoms. The SMILES string of the molecule is O=C(Nc1ccc(S(=O)(=O)NCC(F)(F)F)cc1)c1cc(-c2ccncc2)nc2ccccc12. The molecule has 0 aliphatic heterocycles. The first-order valence-electron chi connectivity index (χ1n) is 9.90. The average molecular weight is 486 g/mol. The van der Waals surface area contributed by atoms with E-state index in [0.717, 1.165) is 17.7 Å². The molecule has 4 rings (SSSR count). The Morgan fingerprint density at radius 1 is 0.941 bits per heavy atom. The molecule has 34 heavy (non-hydrogen) atoms. The number of amides is 1. The van der Waals surface area contributed by atoms with Gasteiger partial charge in [0, 0.05) is 29.0 Å². The van der Waals surface area contributed by atoms with E-state index in [1.54, 1.807) is 54.9 Å². The summed E-state index contributed by atoms with van der Waals surface area (Å²) in [6.45, 7) is -1.68. The van der Waals surface area contributed by atoms with Crippen molar-refractivity contribution in [2.45, 2.75) is 11.1 Å². The molecule has 2 heterocycles. The van der Waals surface area contributed by atoms with E-state index in [-0.39, 0.29) is 10.6 Å². The van der Waals surface area contributed by atoms with Gasteiger partial charge in [0.05, 0.1) is 21.7 Å². The predicted molar refractivity (Wildman–Crippen MR) is 121 cm³/mol. The second kappa shape index (κ2) is 9.20. The molecule has 4 aromatic rings. The number of alkyl halides is 3. The minimum Gasteiger partial charge on any atom is -0.322 e. The van der Waals surface area contributed by atoms with Crippen LogP contribution in [0, 0.1) is 0 Å². The van der Waals surface area contributed by atoms with Crippen molar-refractivity contribution in [3.8, 4) is 11.3 Å². The summed E-state index contributed by atoms with van der Waals surface area (Å²) in [5.41, 5.74) is 2.57. The van der Waals surface area contributed by atoms with Crippen LogP contribution in [0.3, 0.4) is 0 Å². The van der Waals surface area contributed by atoms with Crippen LogP contribution < -0.4 is 10.0 Å². The van der Waals surface area contributed by atoms with Crippen LogP contribution in [0.15, 0.2) is 84.0 Å². The second-order valence-corrected chi connectivity index (χ2v) is 8.99. The van der Waals surface area contributed by atoms with Gasteiger partial charge in [-0.25, -0.2) is 18.1 Å². The molecule has 0 saturated carbocycles. The van der Waals surface area contributed by atoms with Gasteiger partial charge >= 0.3 is 6.18 Å². The van der Waals surface area contributed by atoms with E-state index in [0.29, 0.717) is 22.2 Å². The number of rotatable bonds is 6. The maximum absolute atomic E-state index is 13.1. The number of benzene rings is 2. The molecule has 0 spiro atoms. The van der Waals surface area contributed by atoms with Crippen molar-refractivity contribution < 1.29 is 26.4 Å². The van der Waals surface area contributed by atoms with Crippen molar-refractivity contribution in [1.82, 2.24) is 14.7 Å². The molecule has 0 saturated heterocycles. The fourth-order valence-electron chi connectivity index (χ4n) is 3.21. The lowest BCUT2D eigenvalue weighted by Crippen LogP contribution is -2.33. The minimum absolute atomic E-state index is 0.270. The number of carbonyl (C=O) groups is 1. The number of hydrogen-bond acceptors (Lipinski definition) is 5. The Hall–Kier alpha value is -3.83. The highest BCUT2D eigenvalue weighted by Crippen LogP contribution is 2.26. The van der Waals surface area contributed by atoms with Gasteiger partial charge in [0.15, 0.2) is 0 Å². The number of anilines is 1. The van der Waals surface area contributed by atoms with E-state index in [2.05, 4.69) is 15.3 Å². The lowest BCUT2D eigenvalue weighted by Gasteiger charge is -2.12. The van der Waals surface area contributed by atoms with Crippen molar-refractivity contribution in [3.05, 3.63) is 84.7 Å². The van der Waals surface area contributed by atoms with E-state index < -0.39 is 28.7 Å². The third-order valence-corrected chi connectivity index (χ3v) is 6.24. The largest absolute Gasteiger partial charge is 0.402 e. The normalized spacial score (nSPS) is 12.0. The molecule has 1 amide bonds. The Morgan fingerprint density at radius 3 is 2.29 bits per heavy atom. The molecule has 0 radical (unpaired) electrons. The zero-order valence-corrected chi connectivity index (χ0v) is 18.2. The van der Waals surface area contributed by atoms with E-state index in [4.69, 9.17) is 0 Å². The molecule has 0 unspecified atom stereocenters. The highest BCUT2D eigenvalue weighted by Gasteiger charge is 2.30. The first kappa shape index (κ1) is 23.3. The Morgan fingerprint density at radius 2 is 1.62 bits per heavy atom. The smallest absolute Gasteiger partial charge is 0.322 e. The fourth-order valence-corrected chi connectivity index (χ4v) is 4.22. The van der Waals surface area contributed by atoms with Gasteiger partial charge < -0.3 is 5.32 Å². The number of carbonyl (C=O) groups excluding carboxylic acids is 1. The monoisotopic (exact) mass is 486 g/mol. The highest BCUT2D eigenvalue weighted by molar-refractivity contribution is 7.89. The molecular weight excluding hydrogens is 469 g/mol. The first-order valence-corrected chi connectivity index (χ1v) is 11.4. The van der Waals surface area contributed by atoms with E-state index in [9.17, 15) is 26.4 Å². The van der Waals surface area contributed by atoms with Gasteiger partial charge in [0.2, 0.25) is 10.0 Å². The van der Waals surface area contributed by atoms with Crippen molar-refractivity contribution in [3.63, 3.8) is 0 Å². The molecule has 0 aliphatic rings. The number of nitrogens with one attached hydrogen (secondary N) is 2. The van der Waals surface area contributed by atoms with Crippen molar-refractivity contribution in [2.24, 2.45) is 0 Å². The second-order valence-electron chi connectivity index (χ2n) is 7.23. The summed E-state index contributed by atoms with van der Waals surface area (Å²) in [6, 6.07) is 17.1. The van der Waals surface area contributed by atoms with Crippen LogP contribution in [0.2, 0.25) is 0 Å². The number of hydrogen-bond donors (Lipinski definition) is 2. The quantitative estimate of drug-likeness (QED) is 0.421. The standard InChI is InChI=1S/C23H17F3N4O3S/c24-23(25,26)14-28-34(32,33)17-7-5-16(6-8-17)29-22(31)19-13-21(15-9-11-27-12-10-15)30-20-4-2-1-3-18(19)20/h1-13,28H,14H2,(H,29,31). The third kappa shape index (κ3) is 5.38. The molecule has 0 aliphatic carbocycles. The predicted octanol–water partition coefficient (Wildman–Crippen LogP) is 4.39. The Labute approximate surface area is 192 Å². The summed E-state index contributed by atoms with van der Waals surface area (Å²) in [4.78, 5) is 21.3. The molecule has 2 N–H and O–H groups in total. The molecule has 2 aromatic heterocycles. The Balaban J connectivity index is 1.60. The Bertz CT molecular complexity index is 1440. The molecule has 174 valence electrons. The summed E-state index contributed by atoms with van der Waals surface area (Å²) in [5.74, 6) is -0.459. The number of sulfonamides is 1. The van der Waals surface area contributed by atoms with Gasteiger partial charge in [-0.2, -0.15) is 13.2 Å². The molecular formula is C23H17F3N4O3S. The summed E-state index contributed by atoms with van der Waals surface area (Å²) in [6.07, 6.45) is -1.44. The number of halogens is 3.